The number of rotatable bonds is 9. The lowest BCUT2D eigenvalue weighted by molar-refractivity contribution is -0.188. The Morgan fingerprint density at radius 1 is 1.29 bits per heavy atom. The van der Waals surface area contributed by atoms with Crippen molar-refractivity contribution in [2.24, 2.45) is 5.92 Å². The molecule has 2 amide bonds. The van der Waals surface area contributed by atoms with Crippen molar-refractivity contribution in [1.82, 2.24) is 5.06 Å². The fourth-order valence-corrected chi connectivity index (χ4v) is 4.60. The molecule has 1 fully saturated rings. The number of nitrogens with zero attached hydrogens (tertiary/aromatic N) is 1. The summed E-state index contributed by atoms with van der Waals surface area (Å²) in [6.45, 7) is 7.69. The molecule has 1 N–H and O–H groups in total. The molecule has 1 atom stereocenters. The van der Waals surface area contributed by atoms with Crippen molar-refractivity contribution in [2.45, 2.75) is 71.8 Å². The molecular formula is C24H31NO6. The molecule has 7 heteroatoms. The highest BCUT2D eigenvalue weighted by Gasteiger charge is 2.49. The lowest BCUT2D eigenvalue weighted by Gasteiger charge is -2.38. The van der Waals surface area contributed by atoms with Gasteiger partial charge in [-0.3, -0.25) is 14.4 Å². The van der Waals surface area contributed by atoms with Gasteiger partial charge in [0.2, 0.25) is 0 Å². The number of benzene rings is 1. The number of aromatic hydroxyl groups is 1. The second-order valence-electron chi connectivity index (χ2n) is 8.67. The number of phenolic OH excluding ortho intramolecular Hbond substituents is 1. The van der Waals surface area contributed by atoms with Gasteiger partial charge in [0.05, 0.1) is 18.1 Å². The molecule has 0 radical (unpaired) electrons. The van der Waals surface area contributed by atoms with Crippen molar-refractivity contribution < 1.29 is 29.1 Å². The minimum absolute atomic E-state index is 0.0317. The largest absolute Gasteiger partial charge is 0.507 e. The third-order valence-corrected chi connectivity index (χ3v) is 5.91. The molecule has 168 valence electrons. The summed E-state index contributed by atoms with van der Waals surface area (Å²) in [6.07, 6.45) is 4.87. The molecule has 1 aromatic carbocycles. The normalized spacial score (nSPS) is 20.1. The van der Waals surface area contributed by atoms with Gasteiger partial charge in [-0.25, -0.2) is 0 Å². The number of hydroxylamine groups is 2. The van der Waals surface area contributed by atoms with E-state index in [9.17, 15) is 19.5 Å². The molecule has 0 bridgehead atoms. The third-order valence-electron chi connectivity index (χ3n) is 5.91. The standard InChI is InChI=1S/C24H31NO6/c1-5-6-7-9-16-12-18(27)21-15(2)22(24(3,4)31-19(21)13-16)17-14-20(28)25(23(17)29)30-11-8-10-26/h10,12-13,17,27H,5-9,11,14H2,1-4H3. The Bertz CT molecular complexity index is 917. The van der Waals surface area contributed by atoms with Gasteiger partial charge in [-0.05, 0) is 62.5 Å². The Hall–Kier alpha value is -2.67. The van der Waals surface area contributed by atoms with Gasteiger partial charge in [0.15, 0.2) is 0 Å². The summed E-state index contributed by atoms with van der Waals surface area (Å²) >= 11 is 0. The topological polar surface area (TPSA) is 93.1 Å². The number of carbonyl (C=O) groups is 3. The van der Waals surface area contributed by atoms with Crippen LogP contribution >= 0.6 is 0 Å². The second kappa shape index (κ2) is 9.22. The first kappa shape index (κ1) is 23.0. The number of allylic oxidation sites excluding steroid dienone is 1. The van der Waals surface area contributed by atoms with Gasteiger partial charge in [0.25, 0.3) is 11.8 Å². The zero-order chi connectivity index (χ0) is 22.8. The lowest BCUT2D eigenvalue weighted by atomic mass is 9.78. The average Bonchev–Trinajstić information content (AvgIpc) is 2.95. The highest BCUT2D eigenvalue weighted by atomic mass is 16.7. The molecule has 7 nitrogen and oxygen atoms in total. The van der Waals surface area contributed by atoms with Crippen molar-refractivity contribution in [3.63, 3.8) is 0 Å². The van der Waals surface area contributed by atoms with Gasteiger partial charge in [-0.1, -0.05) is 19.8 Å². The molecule has 2 aliphatic rings. The fourth-order valence-electron chi connectivity index (χ4n) is 4.60. The molecular weight excluding hydrogens is 398 g/mol. The molecule has 0 spiro atoms. The molecule has 0 saturated carbocycles. The quantitative estimate of drug-likeness (QED) is 0.363. The summed E-state index contributed by atoms with van der Waals surface area (Å²) < 4.78 is 6.27. The van der Waals surface area contributed by atoms with E-state index in [0.717, 1.165) is 41.9 Å². The summed E-state index contributed by atoms with van der Waals surface area (Å²) in [5, 5.41) is 11.5. The lowest BCUT2D eigenvalue weighted by Crippen LogP contribution is -2.40. The molecule has 31 heavy (non-hydrogen) atoms. The number of imide groups is 1. The van der Waals surface area contributed by atoms with Gasteiger partial charge in [0, 0.05) is 12.8 Å². The molecule has 3 rings (SSSR count). The highest BCUT2D eigenvalue weighted by molar-refractivity contribution is 6.05. The van der Waals surface area contributed by atoms with Crippen LogP contribution in [-0.4, -0.2) is 40.5 Å². The first-order valence-electron chi connectivity index (χ1n) is 10.9. The molecule has 1 saturated heterocycles. The Balaban J connectivity index is 1.95. The van der Waals surface area contributed by atoms with Crippen LogP contribution in [0.15, 0.2) is 17.7 Å². The minimum atomic E-state index is -0.842. The van der Waals surface area contributed by atoms with Crippen LogP contribution in [0.4, 0.5) is 0 Å². The van der Waals surface area contributed by atoms with Crippen LogP contribution in [0.3, 0.4) is 0 Å². The predicted octanol–water partition coefficient (Wildman–Crippen LogP) is 3.97. The zero-order valence-electron chi connectivity index (χ0n) is 18.7. The molecule has 0 aliphatic carbocycles. The maximum absolute atomic E-state index is 13.0. The number of hydrogen-bond acceptors (Lipinski definition) is 6. The van der Waals surface area contributed by atoms with Crippen LogP contribution in [-0.2, 0) is 25.6 Å². The Labute approximate surface area is 183 Å². The van der Waals surface area contributed by atoms with E-state index in [4.69, 9.17) is 9.57 Å². The Morgan fingerprint density at radius 3 is 2.71 bits per heavy atom. The summed E-state index contributed by atoms with van der Waals surface area (Å²) in [4.78, 5) is 41.1. The minimum Gasteiger partial charge on any atom is -0.507 e. The van der Waals surface area contributed by atoms with Gasteiger partial charge in [-0.2, -0.15) is 5.06 Å². The van der Waals surface area contributed by atoms with Crippen LogP contribution < -0.4 is 4.74 Å². The number of aryl methyl sites for hydroxylation is 1. The number of ether oxygens (including phenoxy) is 1. The number of aldehydes is 1. The average molecular weight is 430 g/mol. The summed E-state index contributed by atoms with van der Waals surface area (Å²) in [7, 11) is 0. The summed E-state index contributed by atoms with van der Waals surface area (Å²) in [6, 6.07) is 3.72. The predicted molar refractivity (Wildman–Crippen MR) is 115 cm³/mol. The first-order valence-corrected chi connectivity index (χ1v) is 10.9. The van der Waals surface area contributed by atoms with Crippen molar-refractivity contribution in [3.8, 4) is 11.5 Å². The van der Waals surface area contributed by atoms with Crippen LogP contribution in [0.25, 0.3) is 5.57 Å². The maximum atomic E-state index is 13.0. The van der Waals surface area contributed by atoms with Crippen molar-refractivity contribution in [1.29, 1.82) is 0 Å². The number of amides is 2. The Kier molecular flexibility index (Phi) is 6.84. The van der Waals surface area contributed by atoms with Gasteiger partial charge in [-0.15, -0.1) is 0 Å². The van der Waals surface area contributed by atoms with Crippen LogP contribution in [0.2, 0.25) is 0 Å². The first-order chi connectivity index (χ1) is 14.7. The Morgan fingerprint density at radius 2 is 2.03 bits per heavy atom. The number of unbranched alkanes of at least 4 members (excludes halogenated alkanes) is 2. The summed E-state index contributed by atoms with van der Waals surface area (Å²) in [5.41, 5.74) is 2.14. The van der Waals surface area contributed by atoms with Crippen LogP contribution in [0, 0.1) is 5.92 Å². The van der Waals surface area contributed by atoms with E-state index >= 15 is 0 Å². The van der Waals surface area contributed by atoms with E-state index in [1.165, 1.54) is 0 Å². The number of hydrogen-bond donors (Lipinski definition) is 1. The third kappa shape index (κ3) is 4.51. The highest BCUT2D eigenvalue weighted by Crippen LogP contribution is 2.49. The number of carbonyl (C=O) groups excluding carboxylic acids is 3. The van der Waals surface area contributed by atoms with Gasteiger partial charge >= 0.3 is 0 Å². The van der Waals surface area contributed by atoms with Crippen molar-refractivity contribution in [2.75, 3.05) is 6.61 Å². The van der Waals surface area contributed by atoms with Crippen molar-refractivity contribution >= 4 is 23.7 Å². The van der Waals surface area contributed by atoms with E-state index in [0.29, 0.717) is 23.2 Å². The monoisotopic (exact) mass is 429 g/mol. The number of phenols is 1. The summed E-state index contributed by atoms with van der Waals surface area (Å²) in [5.74, 6) is -0.950. The van der Waals surface area contributed by atoms with E-state index in [1.54, 1.807) is 6.07 Å². The van der Waals surface area contributed by atoms with Gasteiger partial charge < -0.3 is 14.6 Å². The molecule has 2 aliphatic heterocycles. The zero-order valence-corrected chi connectivity index (χ0v) is 18.7. The molecule has 1 unspecified atom stereocenters. The van der Waals surface area contributed by atoms with E-state index in [2.05, 4.69) is 6.92 Å². The van der Waals surface area contributed by atoms with E-state index < -0.39 is 23.3 Å². The SMILES string of the molecule is CCCCCc1cc(O)c2c(c1)OC(C)(C)C(C1CC(=O)N(OCCC=O)C1=O)=C2C. The molecule has 1 aromatic rings. The maximum Gasteiger partial charge on any atom is 0.261 e. The molecule has 0 aromatic heterocycles. The second-order valence-corrected chi connectivity index (χ2v) is 8.67. The van der Waals surface area contributed by atoms with Gasteiger partial charge in [0.1, 0.15) is 23.4 Å². The number of fused-ring (bicyclic) bond motifs is 1. The van der Waals surface area contributed by atoms with Crippen LogP contribution in [0.1, 0.15) is 70.9 Å². The van der Waals surface area contributed by atoms with Crippen molar-refractivity contribution in [3.05, 3.63) is 28.8 Å². The van der Waals surface area contributed by atoms with E-state index in [-0.39, 0.29) is 25.2 Å². The fraction of sp³-hybridized carbons (Fsp3) is 0.542. The molecule has 2 heterocycles. The van der Waals surface area contributed by atoms with Crippen LogP contribution in [0.5, 0.6) is 11.5 Å². The smallest absolute Gasteiger partial charge is 0.261 e. The van der Waals surface area contributed by atoms with E-state index in [1.807, 2.05) is 26.8 Å².